The third-order valence-corrected chi connectivity index (χ3v) is 9.54. The van der Waals surface area contributed by atoms with Crippen molar-refractivity contribution in [1.82, 2.24) is 13.9 Å². The lowest BCUT2D eigenvalue weighted by atomic mass is 10.0. The number of carbonyl (C=O) groups excluding carboxylic acids is 1. The fourth-order valence-corrected chi connectivity index (χ4v) is 7.00. The number of amides is 1. The summed E-state index contributed by atoms with van der Waals surface area (Å²) in [5.74, 6) is -0.254. The summed E-state index contributed by atoms with van der Waals surface area (Å²) in [6, 6.07) is 17.8. The molecule has 1 aliphatic rings. The minimum Gasteiger partial charge on any atom is -0.350 e. The van der Waals surface area contributed by atoms with Crippen LogP contribution < -0.4 is 5.32 Å². The van der Waals surface area contributed by atoms with E-state index in [1.54, 1.807) is 36.5 Å². The van der Waals surface area contributed by atoms with Crippen LogP contribution in [-0.4, -0.2) is 35.1 Å². The van der Waals surface area contributed by atoms with Crippen LogP contribution in [-0.2, 0) is 21.9 Å². The topological polar surface area (TPSA) is 85.5 Å². The lowest BCUT2D eigenvalue weighted by molar-refractivity contribution is -0.115. The van der Waals surface area contributed by atoms with Gasteiger partial charge in [-0.2, -0.15) is 0 Å². The number of aliphatic imine (C=N–C) groups is 1. The maximum absolute atomic E-state index is 13.7. The first-order valence-corrected chi connectivity index (χ1v) is 14.9. The Morgan fingerprint density at radius 1 is 0.921 bits per heavy atom. The average Bonchev–Trinajstić information content (AvgIpc) is 3.42. The lowest BCUT2D eigenvalue weighted by Gasteiger charge is -2.21. The normalized spacial score (nSPS) is 16.2. The van der Waals surface area contributed by atoms with Crippen molar-refractivity contribution in [2.75, 3.05) is 6.54 Å². The average molecular weight is 654 g/mol. The van der Waals surface area contributed by atoms with Crippen molar-refractivity contribution in [3.8, 4) is 0 Å². The first kappa shape index (κ1) is 25.1. The van der Waals surface area contributed by atoms with E-state index in [1.807, 2.05) is 55.1 Å². The summed E-state index contributed by atoms with van der Waals surface area (Å²) in [5.41, 5.74) is 4.27. The van der Waals surface area contributed by atoms with E-state index in [2.05, 4.69) is 37.2 Å². The zero-order valence-corrected chi connectivity index (χ0v) is 24.4. The van der Waals surface area contributed by atoms with Gasteiger partial charge in [-0.3, -0.25) is 9.79 Å². The Labute approximate surface area is 236 Å². The Balaban J connectivity index is 1.52. The highest BCUT2D eigenvalue weighted by molar-refractivity contribution is 9.10. The number of hydrogen-bond acceptors (Lipinski definition) is 4. The molecule has 7 nitrogen and oxygen atoms in total. The molecule has 38 heavy (non-hydrogen) atoms. The summed E-state index contributed by atoms with van der Waals surface area (Å²) in [5, 5.41) is 4.64. The zero-order valence-electron chi connectivity index (χ0n) is 20.4. The van der Waals surface area contributed by atoms with Crippen molar-refractivity contribution in [1.29, 1.82) is 0 Å². The predicted octanol–water partition coefficient (Wildman–Crippen LogP) is 5.86. The molecule has 0 bridgehead atoms. The largest absolute Gasteiger partial charge is 0.350 e. The molecular formula is C28H22Br2N4O3S. The van der Waals surface area contributed by atoms with Gasteiger partial charge in [-0.25, -0.2) is 12.4 Å². The fraction of sp³-hybridized carbons (Fsp3) is 0.143. The third-order valence-electron chi connectivity index (χ3n) is 6.87. The fourth-order valence-electron chi connectivity index (χ4n) is 4.94. The number of benzene rings is 3. The van der Waals surface area contributed by atoms with Crippen molar-refractivity contribution in [3.05, 3.63) is 98.7 Å². The standard InChI is InChI=1S/C28H22Br2N4O3S/c1-16-3-7-19(8-4-16)38(36,37)34-15-22(20-9-5-18(30)12-26(20)34)24-13-31-28(35)27(32-24)23-14-33(2)25-11-17(29)6-10-21(23)25/h3-12,14-15,24H,13H2,1-2H3,(H,31,35). The van der Waals surface area contributed by atoms with Gasteiger partial charge in [0.05, 0.1) is 16.5 Å². The molecule has 5 aromatic rings. The van der Waals surface area contributed by atoms with Crippen LogP contribution in [0.25, 0.3) is 21.8 Å². The highest BCUT2D eigenvalue weighted by Crippen LogP contribution is 2.35. The van der Waals surface area contributed by atoms with Gasteiger partial charge < -0.3 is 9.88 Å². The quantitative estimate of drug-likeness (QED) is 0.264. The third kappa shape index (κ3) is 4.11. The Kier molecular flexibility index (Phi) is 6.08. The molecule has 1 unspecified atom stereocenters. The molecule has 10 heteroatoms. The lowest BCUT2D eigenvalue weighted by Crippen LogP contribution is -2.39. The second-order valence-corrected chi connectivity index (χ2v) is 13.0. The molecule has 0 fully saturated rings. The molecule has 1 aliphatic heterocycles. The van der Waals surface area contributed by atoms with Crippen LogP contribution in [0.4, 0.5) is 0 Å². The van der Waals surface area contributed by atoms with E-state index in [1.165, 1.54) is 3.97 Å². The van der Waals surface area contributed by atoms with Crippen LogP contribution in [0.3, 0.4) is 0 Å². The van der Waals surface area contributed by atoms with Gasteiger partial charge in [-0.1, -0.05) is 61.7 Å². The summed E-state index contributed by atoms with van der Waals surface area (Å²) in [4.78, 5) is 18.1. The van der Waals surface area contributed by atoms with E-state index in [9.17, 15) is 13.2 Å². The Hall–Kier alpha value is -3.21. The van der Waals surface area contributed by atoms with Gasteiger partial charge >= 0.3 is 0 Å². The van der Waals surface area contributed by atoms with E-state index >= 15 is 0 Å². The molecule has 3 aromatic carbocycles. The molecular weight excluding hydrogens is 632 g/mol. The first-order valence-electron chi connectivity index (χ1n) is 11.9. The molecule has 0 saturated carbocycles. The number of nitrogens with zero attached hydrogens (tertiary/aromatic N) is 3. The van der Waals surface area contributed by atoms with E-state index in [0.717, 1.165) is 41.9 Å². The second-order valence-electron chi connectivity index (χ2n) is 9.38. The van der Waals surface area contributed by atoms with Gasteiger partial charge in [-0.05, 0) is 43.3 Å². The number of hydrogen-bond donors (Lipinski definition) is 1. The molecule has 2 aromatic heterocycles. The molecule has 1 atom stereocenters. The Morgan fingerprint density at radius 2 is 1.58 bits per heavy atom. The molecule has 0 radical (unpaired) electrons. The second kappa shape index (κ2) is 9.21. The van der Waals surface area contributed by atoms with Gasteiger partial charge in [0.15, 0.2) is 0 Å². The molecule has 0 aliphatic carbocycles. The summed E-state index contributed by atoms with van der Waals surface area (Å²) in [6.45, 7) is 2.18. The number of rotatable bonds is 4. The molecule has 6 rings (SSSR count). The summed E-state index contributed by atoms with van der Waals surface area (Å²) in [7, 11) is -1.94. The van der Waals surface area contributed by atoms with Crippen molar-refractivity contribution in [3.63, 3.8) is 0 Å². The smallest absolute Gasteiger partial charge is 0.270 e. The Morgan fingerprint density at radius 3 is 2.29 bits per heavy atom. The number of fused-ring (bicyclic) bond motifs is 2. The van der Waals surface area contributed by atoms with E-state index in [0.29, 0.717) is 11.2 Å². The van der Waals surface area contributed by atoms with Crippen molar-refractivity contribution in [2.45, 2.75) is 17.9 Å². The number of halogens is 2. The van der Waals surface area contributed by atoms with Gasteiger partial charge in [0.25, 0.3) is 15.9 Å². The minimum absolute atomic E-state index is 0.203. The van der Waals surface area contributed by atoms with Gasteiger partial charge in [0.2, 0.25) is 0 Å². The van der Waals surface area contributed by atoms with Crippen molar-refractivity contribution in [2.24, 2.45) is 12.0 Å². The van der Waals surface area contributed by atoms with Gasteiger partial charge in [0, 0.05) is 62.3 Å². The summed E-state index contributed by atoms with van der Waals surface area (Å²) < 4.78 is 32.4. The molecule has 0 saturated heterocycles. The SMILES string of the molecule is Cc1ccc(S(=O)(=O)n2cc(C3CNC(=O)C(c4cn(C)c5cc(Br)ccc45)=N3)c3ccc(Br)cc32)cc1. The Bertz CT molecular complexity index is 1900. The monoisotopic (exact) mass is 652 g/mol. The molecule has 0 spiro atoms. The summed E-state index contributed by atoms with van der Waals surface area (Å²) in [6.07, 6.45) is 3.54. The van der Waals surface area contributed by atoms with Gasteiger partial charge in [0.1, 0.15) is 5.71 Å². The van der Waals surface area contributed by atoms with Gasteiger partial charge in [-0.15, -0.1) is 0 Å². The minimum atomic E-state index is -3.87. The van der Waals surface area contributed by atoms with Crippen LogP contribution in [0.1, 0.15) is 22.7 Å². The van der Waals surface area contributed by atoms with Crippen molar-refractivity contribution < 1.29 is 13.2 Å². The van der Waals surface area contributed by atoms with Crippen LogP contribution in [0.2, 0.25) is 0 Å². The highest BCUT2D eigenvalue weighted by atomic mass is 79.9. The van der Waals surface area contributed by atoms with Crippen molar-refractivity contribution >= 4 is 75.3 Å². The number of aromatic nitrogens is 2. The van der Waals surface area contributed by atoms with Crippen LogP contribution in [0.5, 0.6) is 0 Å². The van der Waals surface area contributed by atoms with E-state index in [4.69, 9.17) is 4.99 Å². The van der Waals surface area contributed by atoms with E-state index < -0.39 is 16.1 Å². The molecule has 1 amide bonds. The molecule has 1 N–H and O–H groups in total. The molecule has 192 valence electrons. The van der Waals surface area contributed by atoms with E-state index in [-0.39, 0.29) is 17.3 Å². The number of nitrogens with one attached hydrogen (secondary N) is 1. The van der Waals surface area contributed by atoms with Crippen LogP contribution in [0.15, 0.2) is 91.9 Å². The van der Waals surface area contributed by atoms with Crippen LogP contribution in [0, 0.1) is 6.92 Å². The predicted molar refractivity (Wildman–Crippen MR) is 156 cm³/mol. The number of carbonyl (C=O) groups is 1. The maximum Gasteiger partial charge on any atom is 0.270 e. The highest BCUT2D eigenvalue weighted by Gasteiger charge is 2.30. The maximum atomic E-state index is 13.7. The summed E-state index contributed by atoms with van der Waals surface area (Å²) >= 11 is 7.00. The molecule has 3 heterocycles. The first-order chi connectivity index (χ1) is 18.1. The van der Waals surface area contributed by atoms with Crippen LogP contribution >= 0.6 is 31.9 Å². The zero-order chi connectivity index (χ0) is 26.8. The number of aryl methyl sites for hydroxylation is 2.